The molecular weight excluding hydrogens is 843 g/mol. The molecule has 0 atom stereocenters. The van der Waals surface area contributed by atoms with Crippen molar-refractivity contribution in [1.82, 2.24) is 19.9 Å². The van der Waals surface area contributed by atoms with Gasteiger partial charge in [-0.1, -0.05) is 37.5 Å². The van der Waals surface area contributed by atoms with Gasteiger partial charge >= 0.3 is 12.4 Å². The first-order chi connectivity index (χ1) is 30.7. The summed E-state index contributed by atoms with van der Waals surface area (Å²) in [5, 5.41) is 7.27. The highest BCUT2D eigenvalue weighted by Gasteiger charge is 2.40. The van der Waals surface area contributed by atoms with Gasteiger partial charge in [-0.3, -0.25) is 9.59 Å². The van der Waals surface area contributed by atoms with E-state index < -0.39 is 52.2 Å². The molecule has 0 aliphatic heterocycles. The van der Waals surface area contributed by atoms with Gasteiger partial charge in [-0.25, -0.2) is 30.0 Å². The number of ether oxygens (including phenoxy) is 2. The van der Waals surface area contributed by atoms with Gasteiger partial charge in [-0.15, -0.1) is 5.92 Å². The Balaban J connectivity index is 1.58. The average molecular weight is 883 g/mol. The molecule has 330 valence electrons. The summed E-state index contributed by atoms with van der Waals surface area (Å²) in [6, 6.07) is 17.8. The smallest absolute Gasteiger partial charge is 0.417 e. The van der Waals surface area contributed by atoms with E-state index >= 15 is 9.59 Å². The number of nitrogens with zero attached hydrogens (tertiary/aromatic N) is 6. The molecular formula is C46H40F6N8O4. The van der Waals surface area contributed by atoms with Crippen molar-refractivity contribution < 1.29 is 45.4 Å². The van der Waals surface area contributed by atoms with Gasteiger partial charge in [-0.2, -0.15) is 26.3 Å². The second kappa shape index (κ2) is 20.0. The zero-order chi connectivity index (χ0) is 46.0. The van der Waals surface area contributed by atoms with E-state index in [-0.39, 0.29) is 47.8 Å². The third-order valence-electron chi connectivity index (χ3n) is 9.57. The van der Waals surface area contributed by atoms with Gasteiger partial charge in [0.2, 0.25) is 11.8 Å². The number of methoxy groups -OCH3 is 2. The molecule has 2 aromatic carbocycles. The Hall–Kier alpha value is -7.68. The van der Waals surface area contributed by atoms with E-state index in [1.54, 1.807) is 31.2 Å². The van der Waals surface area contributed by atoms with Crippen molar-refractivity contribution in [2.24, 2.45) is 0 Å². The number of alkyl halides is 6. The standard InChI is InChI=1S/C46H40F6N8O4/c1-5-9-31-15-17-33(23-37(31)45(47,48)49)59(43(61)35-11-7-21-53-41(35)57-27-29-13-19-39(63-3)55-25-29)60(34-18-16-32(10-6-2)38(24-34)46(50,51)52)44(62)36-12-8-22-54-42(36)58-28-30-14-20-40(64-4)56-26-30/h7-8,11-26H,5,9,27-28H2,1-4H3,(H,53,57)(H,54,58). The topological polar surface area (TPSA) is 135 Å². The summed E-state index contributed by atoms with van der Waals surface area (Å²) in [5.74, 6) is 3.11. The van der Waals surface area contributed by atoms with Gasteiger partial charge in [0.1, 0.15) is 11.6 Å². The van der Waals surface area contributed by atoms with Gasteiger partial charge in [-0.05, 0) is 84.6 Å². The Morgan fingerprint density at radius 2 is 1.14 bits per heavy atom. The zero-order valence-corrected chi connectivity index (χ0v) is 34.8. The molecule has 2 N–H and O–H groups in total. The molecule has 2 amide bonds. The molecule has 6 aromatic rings. The largest absolute Gasteiger partial charge is 0.481 e. The van der Waals surface area contributed by atoms with E-state index in [1.807, 2.05) is 0 Å². The molecule has 4 heterocycles. The van der Waals surface area contributed by atoms with E-state index in [0.717, 1.165) is 12.1 Å². The minimum atomic E-state index is -5.03. The minimum Gasteiger partial charge on any atom is -0.481 e. The van der Waals surface area contributed by atoms with Crippen LogP contribution in [0.2, 0.25) is 0 Å². The third kappa shape index (κ3) is 10.7. The van der Waals surface area contributed by atoms with Crippen LogP contribution >= 0.6 is 0 Å². The van der Waals surface area contributed by atoms with Crippen LogP contribution in [0.15, 0.2) is 110 Å². The van der Waals surface area contributed by atoms with E-state index in [4.69, 9.17) is 9.47 Å². The quantitative estimate of drug-likeness (QED) is 0.0619. The van der Waals surface area contributed by atoms with Crippen molar-refractivity contribution >= 4 is 34.8 Å². The summed E-state index contributed by atoms with van der Waals surface area (Å²) in [6.45, 7) is 3.12. The Morgan fingerprint density at radius 3 is 1.56 bits per heavy atom. The first kappa shape index (κ1) is 45.8. The highest BCUT2D eigenvalue weighted by Crippen LogP contribution is 2.40. The molecule has 64 heavy (non-hydrogen) atoms. The summed E-state index contributed by atoms with van der Waals surface area (Å²) >= 11 is 0. The molecule has 0 saturated carbocycles. The molecule has 0 saturated heterocycles. The van der Waals surface area contributed by atoms with Crippen molar-refractivity contribution in [3.05, 3.63) is 154 Å². The fourth-order valence-electron chi connectivity index (χ4n) is 6.55. The number of rotatable bonds is 14. The highest BCUT2D eigenvalue weighted by molar-refractivity contribution is 6.19. The van der Waals surface area contributed by atoms with Crippen molar-refractivity contribution in [3.63, 3.8) is 0 Å². The SMILES string of the molecule is CC#Cc1ccc(N(C(=O)c2cccnc2NCc2ccc(OC)nc2)N(C(=O)c2cccnc2NCc2ccc(OC)nc2)c2ccc(CCC)c(C(F)(F)F)c2)cc1C(F)(F)F. The number of hydrazine groups is 1. The van der Waals surface area contributed by atoms with Crippen LogP contribution in [0.1, 0.15) is 74.4 Å². The van der Waals surface area contributed by atoms with Crippen LogP contribution in [0, 0.1) is 11.8 Å². The summed E-state index contributed by atoms with van der Waals surface area (Å²) in [6.07, 6.45) is -3.91. The number of aryl methyl sites for hydroxylation is 1. The molecule has 12 nitrogen and oxygen atoms in total. The lowest BCUT2D eigenvalue weighted by Crippen LogP contribution is -2.51. The average Bonchev–Trinajstić information content (AvgIpc) is 3.29. The fraction of sp³-hybridized carbons (Fsp3) is 0.217. The Bertz CT molecular complexity index is 2670. The predicted molar refractivity (Wildman–Crippen MR) is 228 cm³/mol. The molecule has 0 bridgehead atoms. The molecule has 4 aromatic heterocycles. The van der Waals surface area contributed by atoms with Crippen molar-refractivity contribution in [1.29, 1.82) is 0 Å². The van der Waals surface area contributed by atoms with Crippen LogP contribution in [0.4, 0.5) is 49.4 Å². The number of nitrogens with one attached hydrogen (secondary N) is 2. The van der Waals surface area contributed by atoms with Crippen LogP contribution in [0.5, 0.6) is 11.8 Å². The van der Waals surface area contributed by atoms with Crippen LogP contribution in [0.25, 0.3) is 0 Å². The van der Waals surface area contributed by atoms with Crippen molar-refractivity contribution in [2.45, 2.75) is 52.1 Å². The normalized spacial score (nSPS) is 11.2. The van der Waals surface area contributed by atoms with Crippen LogP contribution < -0.4 is 30.1 Å². The molecule has 0 unspecified atom stereocenters. The van der Waals surface area contributed by atoms with E-state index in [2.05, 4.69) is 42.4 Å². The van der Waals surface area contributed by atoms with Crippen LogP contribution in [-0.4, -0.2) is 46.0 Å². The number of pyridine rings is 4. The lowest BCUT2D eigenvalue weighted by atomic mass is 10.0. The summed E-state index contributed by atoms with van der Waals surface area (Å²) < 4.78 is 99.5. The number of benzene rings is 2. The van der Waals surface area contributed by atoms with Crippen molar-refractivity contribution in [3.8, 4) is 23.6 Å². The van der Waals surface area contributed by atoms with E-state index in [9.17, 15) is 26.3 Å². The molecule has 6 rings (SSSR count). The maximum absolute atomic E-state index is 15.3. The van der Waals surface area contributed by atoms with E-state index in [1.165, 1.54) is 82.3 Å². The van der Waals surface area contributed by atoms with E-state index in [0.29, 0.717) is 51.5 Å². The van der Waals surface area contributed by atoms with Gasteiger partial charge in [0, 0.05) is 55.6 Å². The number of carbonyl (C=O) groups excluding carboxylic acids is 2. The van der Waals surface area contributed by atoms with Gasteiger partial charge in [0.15, 0.2) is 0 Å². The zero-order valence-electron chi connectivity index (χ0n) is 34.8. The lowest BCUT2D eigenvalue weighted by Gasteiger charge is -2.36. The highest BCUT2D eigenvalue weighted by atomic mass is 19.4. The number of aromatic nitrogens is 4. The fourth-order valence-corrected chi connectivity index (χ4v) is 6.55. The number of hydrogen-bond acceptors (Lipinski definition) is 10. The second-order valence-electron chi connectivity index (χ2n) is 13.8. The maximum atomic E-state index is 15.3. The molecule has 0 radical (unpaired) electrons. The number of carbonyl (C=O) groups is 2. The molecule has 18 heteroatoms. The van der Waals surface area contributed by atoms with Crippen molar-refractivity contribution in [2.75, 3.05) is 34.9 Å². The molecule has 0 aliphatic rings. The minimum absolute atomic E-state index is 0.00586. The predicted octanol–water partition coefficient (Wildman–Crippen LogP) is 9.78. The summed E-state index contributed by atoms with van der Waals surface area (Å²) in [5.41, 5.74) is -3.26. The Kier molecular flexibility index (Phi) is 14.3. The van der Waals surface area contributed by atoms with Crippen LogP contribution in [-0.2, 0) is 31.9 Å². The third-order valence-corrected chi connectivity index (χ3v) is 9.57. The molecule has 0 fully saturated rings. The molecule has 0 aliphatic carbocycles. The number of hydrogen-bond donors (Lipinski definition) is 2. The summed E-state index contributed by atoms with van der Waals surface area (Å²) in [4.78, 5) is 47.7. The first-order valence-corrected chi connectivity index (χ1v) is 19.5. The second-order valence-corrected chi connectivity index (χ2v) is 13.8. The number of halogens is 6. The lowest BCUT2D eigenvalue weighted by molar-refractivity contribution is -0.138. The van der Waals surface area contributed by atoms with Gasteiger partial charge in [0.25, 0.3) is 11.8 Å². The summed E-state index contributed by atoms with van der Waals surface area (Å²) in [7, 11) is 2.90. The van der Waals surface area contributed by atoms with Crippen LogP contribution in [0.3, 0.4) is 0 Å². The number of anilines is 4. The van der Waals surface area contributed by atoms with Gasteiger partial charge < -0.3 is 20.1 Å². The van der Waals surface area contributed by atoms with Gasteiger partial charge in [0.05, 0.1) is 47.8 Å². The number of amides is 2. The maximum Gasteiger partial charge on any atom is 0.417 e. The Morgan fingerprint density at radius 1 is 0.656 bits per heavy atom. The molecule has 0 spiro atoms. The monoisotopic (exact) mass is 882 g/mol. The Labute approximate surface area is 364 Å². The first-order valence-electron chi connectivity index (χ1n) is 19.5.